The molecule has 1 amide bonds. The third kappa shape index (κ3) is 1.86. The Morgan fingerprint density at radius 2 is 2.31 bits per heavy atom. The second kappa shape index (κ2) is 4.09. The van der Waals surface area contributed by atoms with Crippen molar-refractivity contribution in [3.05, 3.63) is 29.6 Å². The molecule has 16 heavy (non-hydrogen) atoms. The van der Waals surface area contributed by atoms with Crippen molar-refractivity contribution in [2.75, 3.05) is 7.11 Å². The fourth-order valence-corrected chi connectivity index (χ4v) is 1.87. The molecule has 86 valence electrons. The molecule has 5 heteroatoms. The molecule has 1 heterocycles. The van der Waals surface area contributed by atoms with Gasteiger partial charge < -0.3 is 15.8 Å². The van der Waals surface area contributed by atoms with Gasteiger partial charge in [-0.1, -0.05) is 6.07 Å². The Bertz CT molecular complexity index is 422. The topological polar surface area (TPSA) is 64.3 Å². The quantitative estimate of drug-likeness (QED) is 0.778. The highest BCUT2D eigenvalue weighted by molar-refractivity contribution is 5.80. The molecule has 0 saturated carbocycles. The van der Waals surface area contributed by atoms with Crippen LogP contribution in [0.3, 0.4) is 0 Å². The highest BCUT2D eigenvalue weighted by atomic mass is 19.1. The summed E-state index contributed by atoms with van der Waals surface area (Å²) in [4.78, 5) is 11.2. The lowest BCUT2D eigenvalue weighted by atomic mass is 10.0. The molecule has 0 radical (unpaired) electrons. The van der Waals surface area contributed by atoms with Gasteiger partial charge in [0.1, 0.15) is 0 Å². The maximum Gasteiger partial charge on any atom is 0.222 e. The average molecular weight is 224 g/mol. The first-order valence-electron chi connectivity index (χ1n) is 5.00. The average Bonchev–Trinajstić information content (AvgIpc) is 2.59. The van der Waals surface area contributed by atoms with E-state index in [9.17, 15) is 9.18 Å². The van der Waals surface area contributed by atoms with Gasteiger partial charge in [-0.25, -0.2) is 4.39 Å². The molecule has 0 spiro atoms. The van der Waals surface area contributed by atoms with Gasteiger partial charge in [0, 0.05) is 12.5 Å². The van der Waals surface area contributed by atoms with Crippen LogP contribution in [0.2, 0.25) is 0 Å². The minimum absolute atomic E-state index is 0.0826. The van der Waals surface area contributed by atoms with Crippen molar-refractivity contribution in [3.63, 3.8) is 0 Å². The van der Waals surface area contributed by atoms with Gasteiger partial charge >= 0.3 is 0 Å². The fraction of sp³-hybridized carbons (Fsp3) is 0.364. The molecule has 1 saturated heterocycles. The first kappa shape index (κ1) is 10.9. The minimum Gasteiger partial charge on any atom is -0.494 e. The highest BCUT2D eigenvalue weighted by Gasteiger charge is 2.30. The summed E-state index contributed by atoms with van der Waals surface area (Å²) in [6.07, 6.45) is 0.296. The molecular weight excluding hydrogens is 211 g/mol. The van der Waals surface area contributed by atoms with Crippen LogP contribution >= 0.6 is 0 Å². The first-order valence-corrected chi connectivity index (χ1v) is 5.00. The van der Waals surface area contributed by atoms with Crippen LogP contribution in [0.5, 0.6) is 5.75 Å². The molecule has 3 N–H and O–H groups in total. The summed E-state index contributed by atoms with van der Waals surface area (Å²) in [5.41, 5.74) is 6.57. The molecule has 0 aliphatic carbocycles. The summed E-state index contributed by atoms with van der Waals surface area (Å²) in [7, 11) is 1.40. The van der Waals surface area contributed by atoms with Gasteiger partial charge in [0.25, 0.3) is 0 Å². The Balaban J connectivity index is 2.30. The largest absolute Gasteiger partial charge is 0.494 e. The van der Waals surface area contributed by atoms with Gasteiger partial charge in [0.05, 0.1) is 13.2 Å². The van der Waals surface area contributed by atoms with Crippen LogP contribution < -0.4 is 15.8 Å². The van der Waals surface area contributed by atoms with E-state index in [1.165, 1.54) is 13.2 Å². The third-order valence-electron chi connectivity index (χ3n) is 2.70. The first-order chi connectivity index (χ1) is 7.61. The van der Waals surface area contributed by atoms with Crippen molar-refractivity contribution in [2.45, 2.75) is 18.5 Å². The summed E-state index contributed by atoms with van der Waals surface area (Å²) in [5.74, 6) is -0.351. The molecule has 1 aromatic carbocycles. The summed E-state index contributed by atoms with van der Waals surface area (Å²) in [6, 6.07) is 3.94. The van der Waals surface area contributed by atoms with E-state index in [0.29, 0.717) is 6.42 Å². The Morgan fingerprint density at radius 1 is 1.56 bits per heavy atom. The van der Waals surface area contributed by atoms with E-state index in [4.69, 9.17) is 10.5 Å². The molecule has 1 aromatic rings. The number of hydrogen-bond acceptors (Lipinski definition) is 3. The van der Waals surface area contributed by atoms with E-state index in [2.05, 4.69) is 5.32 Å². The van der Waals surface area contributed by atoms with Crippen molar-refractivity contribution >= 4 is 5.91 Å². The number of hydrogen-bond donors (Lipinski definition) is 2. The number of benzene rings is 1. The SMILES string of the molecule is COc1cc(C2NC(=O)CC2N)ccc1F. The van der Waals surface area contributed by atoms with Crippen LogP contribution in [-0.4, -0.2) is 19.1 Å². The predicted molar refractivity (Wildman–Crippen MR) is 56.4 cm³/mol. The van der Waals surface area contributed by atoms with E-state index < -0.39 is 5.82 Å². The zero-order valence-corrected chi connectivity index (χ0v) is 8.87. The van der Waals surface area contributed by atoms with Gasteiger partial charge in [0.15, 0.2) is 11.6 Å². The molecule has 0 bridgehead atoms. The summed E-state index contributed by atoms with van der Waals surface area (Å²) < 4.78 is 18.1. The van der Waals surface area contributed by atoms with Gasteiger partial charge in [0.2, 0.25) is 5.91 Å². The summed E-state index contributed by atoms with van der Waals surface area (Å²) in [6.45, 7) is 0. The number of amides is 1. The smallest absolute Gasteiger partial charge is 0.222 e. The number of halogens is 1. The molecule has 4 nitrogen and oxygen atoms in total. The second-order valence-electron chi connectivity index (χ2n) is 3.81. The Morgan fingerprint density at radius 3 is 2.88 bits per heavy atom. The highest BCUT2D eigenvalue weighted by Crippen LogP contribution is 2.27. The molecule has 2 atom stereocenters. The van der Waals surface area contributed by atoms with Crippen molar-refractivity contribution < 1.29 is 13.9 Å². The molecule has 2 unspecified atom stereocenters. The molecule has 2 rings (SSSR count). The van der Waals surface area contributed by atoms with E-state index in [-0.39, 0.29) is 23.7 Å². The molecule has 1 aliphatic heterocycles. The normalized spacial score (nSPS) is 24.3. The van der Waals surface area contributed by atoms with E-state index in [0.717, 1.165) is 5.56 Å². The van der Waals surface area contributed by atoms with E-state index in [1.54, 1.807) is 12.1 Å². The lowest BCUT2D eigenvalue weighted by Crippen LogP contribution is -2.28. The number of ether oxygens (including phenoxy) is 1. The minimum atomic E-state index is -0.427. The number of carbonyl (C=O) groups is 1. The molecule has 1 aliphatic rings. The van der Waals surface area contributed by atoms with Crippen molar-refractivity contribution in [1.29, 1.82) is 0 Å². The summed E-state index contributed by atoms with van der Waals surface area (Å²) >= 11 is 0. The van der Waals surface area contributed by atoms with Crippen LogP contribution in [0.4, 0.5) is 4.39 Å². The van der Waals surface area contributed by atoms with E-state index >= 15 is 0 Å². The van der Waals surface area contributed by atoms with Gasteiger partial charge in [-0.05, 0) is 17.7 Å². The van der Waals surface area contributed by atoms with Crippen molar-refractivity contribution in [1.82, 2.24) is 5.32 Å². The predicted octanol–water partition coefficient (Wildman–Crippen LogP) is 0.723. The van der Waals surface area contributed by atoms with Gasteiger partial charge in [-0.2, -0.15) is 0 Å². The molecular formula is C11H13FN2O2. The van der Waals surface area contributed by atoms with Crippen LogP contribution in [0.15, 0.2) is 18.2 Å². The lowest BCUT2D eigenvalue weighted by Gasteiger charge is -2.16. The Labute approximate surface area is 92.6 Å². The van der Waals surface area contributed by atoms with Crippen molar-refractivity contribution in [3.8, 4) is 5.75 Å². The number of carbonyl (C=O) groups excluding carboxylic acids is 1. The maximum atomic E-state index is 13.2. The Hall–Kier alpha value is -1.62. The van der Waals surface area contributed by atoms with Crippen LogP contribution in [0.1, 0.15) is 18.0 Å². The lowest BCUT2D eigenvalue weighted by molar-refractivity contribution is -0.119. The maximum absolute atomic E-state index is 13.2. The van der Waals surface area contributed by atoms with Gasteiger partial charge in [-0.15, -0.1) is 0 Å². The van der Waals surface area contributed by atoms with E-state index in [1.807, 2.05) is 0 Å². The summed E-state index contributed by atoms with van der Waals surface area (Å²) in [5, 5.41) is 2.75. The molecule has 0 aromatic heterocycles. The van der Waals surface area contributed by atoms with Crippen LogP contribution in [-0.2, 0) is 4.79 Å². The number of nitrogens with one attached hydrogen (secondary N) is 1. The second-order valence-corrected chi connectivity index (χ2v) is 3.81. The standard InChI is InChI=1S/C11H13FN2O2/c1-16-9-4-6(2-3-7(9)12)11-8(13)5-10(15)14-11/h2-4,8,11H,5,13H2,1H3,(H,14,15). The third-order valence-corrected chi connectivity index (χ3v) is 2.70. The van der Waals surface area contributed by atoms with Gasteiger partial charge in [-0.3, -0.25) is 4.79 Å². The zero-order chi connectivity index (χ0) is 11.7. The molecule has 1 fully saturated rings. The monoisotopic (exact) mass is 224 g/mol. The van der Waals surface area contributed by atoms with Crippen LogP contribution in [0, 0.1) is 5.82 Å². The fourth-order valence-electron chi connectivity index (χ4n) is 1.87. The number of nitrogens with two attached hydrogens (primary N) is 1. The number of rotatable bonds is 2. The van der Waals surface area contributed by atoms with Crippen molar-refractivity contribution in [2.24, 2.45) is 5.73 Å². The zero-order valence-electron chi connectivity index (χ0n) is 8.87. The Kier molecular flexibility index (Phi) is 2.78. The number of methoxy groups -OCH3 is 1. The van der Waals surface area contributed by atoms with Crippen LogP contribution in [0.25, 0.3) is 0 Å².